The second-order valence-electron chi connectivity index (χ2n) is 8.09. The number of ether oxygens (including phenoxy) is 4. The number of nitrogens with one attached hydrogen (secondary N) is 1. The molecule has 0 radical (unpaired) electrons. The maximum absolute atomic E-state index is 10.2. The van der Waals surface area contributed by atoms with Crippen LogP contribution in [0.5, 0.6) is 17.2 Å². The summed E-state index contributed by atoms with van der Waals surface area (Å²) in [5.74, 6) is 2.19. The third kappa shape index (κ3) is 4.75. The van der Waals surface area contributed by atoms with Crippen LogP contribution in [0.2, 0.25) is 0 Å². The Labute approximate surface area is 192 Å². The molecule has 0 aliphatic carbocycles. The SMILES string of the molecule is COc1ccccc1OCCN1CC(CCOc2ccc3c(c2)[nH]c2ccccc23)OC1O. The molecule has 172 valence electrons. The van der Waals surface area contributed by atoms with Crippen LogP contribution in [-0.4, -0.2) is 60.9 Å². The average molecular weight is 449 g/mol. The summed E-state index contributed by atoms with van der Waals surface area (Å²) in [4.78, 5) is 5.29. The van der Waals surface area contributed by atoms with Crippen molar-refractivity contribution in [2.24, 2.45) is 0 Å². The van der Waals surface area contributed by atoms with E-state index in [1.807, 2.05) is 53.4 Å². The van der Waals surface area contributed by atoms with Gasteiger partial charge in [0, 0.05) is 41.9 Å². The van der Waals surface area contributed by atoms with Gasteiger partial charge >= 0.3 is 0 Å². The molecule has 2 atom stereocenters. The van der Waals surface area contributed by atoms with Crippen LogP contribution in [-0.2, 0) is 4.74 Å². The molecule has 0 amide bonds. The van der Waals surface area contributed by atoms with Gasteiger partial charge in [0.1, 0.15) is 12.4 Å². The number of benzene rings is 3. The summed E-state index contributed by atoms with van der Waals surface area (Å²) in [7, 11) is 1.62. The summed E-state index contributed by atoms with van der Waals surface area (Å²) in [5.41, 5.74) is 2.18. The number of para-hydroxylation sites is 3. The molecule has 1 aliphatic rings. The first-order valence-electron chi connectivity index (χ1n) is 11.2. The van der Waals surface area contributed by atoms with Crippen molar-refractivity contribution in [1.29, 1.82) is 0 Å². The molecule has 2 heterocycles. The summed E-state index contributed by atoms with van der Waals surface area (Å²) in [6, 6.07) is 21.9. The highest BCUT2D eigenvalue weighted by Crippen LogP contribution is 2.29. The Hall–Kier alpha value is -3.26. The van der Waals surface area contributed by atoms with E-state index in [1.54, 1.807) is 7.11 Å². The Morgan fingerprint density at radius 3 is 2.61 bits per heavy atom. The Morgan fingerprint density at radius 1 is 0.939 bits per heavy atom. The zero-order valence-corrected chi connectivity index (χ0v) is 18.6. The van der Waals surface area contributed by atoms with E-state index in [-0.39, 0.29) is 6.10 Å². The van der Waals surface area contributed by atoms with Crippen molar-refractivity contribution in [2.75, 3.05) is 33.4 Å². The number of nitrogens with zero attached hydrogens (tertiary/aromatic N) is 1. The van der Waals surface area contributed by atoms with Crippen LogP contribution in [0.4, 0.5) is 0 Å². The maximum atomic E-state index is 10.2. The van der Waals surface area contributed by atoms with E-state index < -0.39 is 6.41 Å². The van der Waals surface area contributed by atoms with Gasteiger partial charge in [-0.25, -0.2) is 4.90 Å². The lowest BCUT2D eigenvalue weighted by atomic mass is 10.1. The molecule has 3 aromatic carbocycles. The van der Waals surface area contributed by atoms with E-state index >= 15 is 0 Å². The lowest BCUT2D eigenvalue weighted by molar-refractivity contribution is -0.152. The van der Waals surface area contributed by atoms with Gasteiger partial charge in [0.25, 0.3) is 0 Å². The molecule has 7 nitrogen and oxygen atoms in total. The van der Waals surface area contributed by atoms with Crippen molar-refractivity contribution in [3.8, 4) is 17.2 Å². The molecule has 0 bridgehead atoms. The van der Waals surface area contributed by atoms with E-state index in [1.165, 1.54) is 10.8 Å². The first kappa shape index (κ1) is 21.6. The van der Waals surface area contributed by atoms with E-state index in [2.05, 4.69) is 23.2 Å². The molecular weight excluding hydrogens is 420 g/mol. The first-order chi connectivity index (χ1) is 16.2. The van der Waals surface area contributed by atoms with Crippen LogP contribution in [0.3, 0.4) is 0 Å². The third-order valence-electron chi connectivity index (χ3n) is 5.96. The molecule has 2 unspecified atom stereocenters. The quantitative estimate of drug-likeness (QED) is 0.401. The highest BCUT2D eigenvalue weighted by atomic mass is 16.6. The average Bonchev–Trinajstić information content (AvgIpc) is 3.38. The van der Waals surface area contributed by atoms with Gasteiger partial charge in [0.05, 0.1) is 25.3 Å². The summed E-state index contributed by atoms with van der Waals surface area (Å²) in [5, 5.41) is 12.6. The molecule has 5 rings (SSSR count). The predicted octanol–water partition coefficient (Wildman–Crippen LogP) is 4.15. The zero-order valence-electron chi connectivity index (χ0n) is 18.6. The van der Waals surface area contributed by atoms with Gasteiger partial charge in [-0.1, -0.05) is 30.3 Å². The fraction of sp³-hybridized carbons (Fsp3) is 0.308. The molecule has 1 fully saturated rings. The third-order valence-corrected chi connectivity index (χ3v) is 5.96. The number of rotatable bonds is 9. The van der Waals surface area contributed by atoms with Crippen molar-refractivity contribution in [3.05, 3.63) is 66.7 Å². The van der Waals surface area contributed by atoms with Gasteiger partial charge in [-0.15, -0.1) is 0 Å². The minimum Gasteiger partial charge on any atom is -0.493 e. The van der Waals surface area contributed by atoms with E-state index in [4.69, 9.17) is 18.9 Å². The van der Waals surface area contributed by atoms with Crippen LogP contribution in [0.15, 0.2) is 66.7 Å². The number of aliphatic hydroxyl groups is 1. The van der Waals surface area contributed by atoms with Crippen LogP contribution < -0.4 is 14.2 Å². The van der Waals surface area contributed by atoms with Crippen molar-refractivity contribution in [1.82, 2.24) is 9.88 Å². The standard InChI is InChI=1S/C26H28N2O5/c1-30-24-8-4-5-9-25(24)32-15-13-28-17-19(33-26(28)29)12-14-31-18-10-11-21-20-6-2-3-7-22(20)27-23(21)16-18/h2-11,16,19,26-27,29H,12-15,17H2,1H3. The smallest absolute Gasteiger partial charge is 0.216 e. The number of hydrogen-bond donors (Lipinski definition) is 2. The van der Waals surface area contributed by atoms with Gasteiger partial charge in [0.15, 0.2) is 11.5 Å². The highest BCUT2D eigenvalue weighted by molar-refractivity contribution is 6.07. The molecule has 1 aromatic heterocycles. The summed E-state index contributed by atoms with van der Waals surface area (Å²) in [6.45, 7) is 2.11. The van der Waals surface area contributed by atoms with Crippen molar-refractivity contribution in [2.45, 2.75) is 18.9 Å². The fourth-order valence-electron chi connectivity index (χ4n) is 4.26. The number of methoxy groups -OCH3 is 1. The Balaban J connectivity index is 1.09. The number of aliphatic hydroxyl groups excluding tert-OH is 1. The molecule has 1 saturated heterocycles. The molecule has 1 aliphatic heterocycles. The summed E-state index contributed by atoms with van der Waals surface area (Å²) < 4.78 is 22.8. The lowest BCUT2D eigenvalue weighted by Gasteiger charge is -2.18. The van der Waals surface area contributed by atoms with Gasteiger partial charge < -0.3 is 29.0 Å². The zero-order chi connectivity index (χ0) is 22.6. The number of aromatic nitrogens is 1. The Morgan fingerprint density at radius 2 is 1.73 bits per heavy atom. The summed E-state index contributed by atoms with van der Waals surface area (Å²) in [6.07, 6.45) is -0.340. The topological polar surface area (TPSA) is 76.2 Å². The molecular formula is C26H28N2O5. The minimum absolute atomic E-state index is 0.0944. The van der Waals surface area contributed by atoms with Crippen molar-refractivity contribution >= 4 is 21.8 Å². The highest BCUT2D eigenvalue weighted by Gasteiger charge is 2.31. The molecule has 0 saturated carbocycles. The lowest BCUT2D eigenvalue weighted by Crippen LogP contribution is -2.33. The van der Waals surface area contributed by atoms with E-state index in [0.29, 0.717) is 44.2 Å². The normalized spacial score (nSPS) is 18.7. The van der Waals surface area contributed by atoms with Crippen molar-refractivity contribution < 1.29 is 24.1 Å². The largest absolute Gasteiger partial charge is 0.493 e. The maximum Gasteiger partial charge on any atom is 0.216 e. The van der Waals surface area contributed by atoms with Crippen LogP contribution in [0.25, 0.3) is 21.8 Å². The van der Waals surface area contributed by atoms with E-state index in [9.17, 15) is 5.11 Å². The number of aromatic amines is 1. The van der Waals surface area contributed by atoms with Gasteiger partial charge in [-0.05, 0) is 30.3 Å². The molecule has 4 aromatic rings. The van der Waals surface area contributed by atoms with Crippen LogP contribution in [0, 0.1) is 0 Å². The number of hydrogen-bond acceptors (Lipinski definition) is 6. The summed E-state index contributed by atoms with van der Waals surface area (Å²) >= 11 is 0. The predicted molar refractivity (Wildman–Crippen MR) is 127 cm³/mol. The second-order valence-corrected chi connectivity index (χ2v) is 8.09. The number of fused-ring (bicyclic) bond motifs is 3. The minimum atomic E-state index is -0.932. The first-order valence-corrected chi connectivity index (χ1v) is 11.2. The van der Waals surface area contributed by atoms with Gasteiger partial charge in [-0.2, -0.15) is 0 Å². The van der Waals surface area contributed by atoms with Crippen molar-refractivity contribution in [3.63, 3.8) is 0 Å². The number of H-pyrrole nitrogens is 1. The molecule has 33 heavy (non-hydrogen) atoms. The second kappa shape index (κ2) is 9.70. The van der Waals surface area contributed by atoms with Crippen LogP contribution >= 0.6 is 0 Å². The Bertz CT molecular complexity index is 1220. The van der Waals surface area contributed by atoms with Gasteiger partial charge in [0.2, 0.25) is 6.41 Å². The van der Waals surface area contributed by atoms with E-state index in [0.717, 1.165) is 16.8 Å². The molecule has 7 heteroatoms. The molecule has 0 spiro atoms. The molecule has 2 N–H and O–H groups in total. The van der Waals surface area contributed by atoms with Crippen LogP contribution in [0.1, 0.15) is 6.42 Å². The Kier molecular flexibility index (Phi) is 6.35. The monoisotopic (exact) mass is 448 g/mol. The fourth-order valence-corrected chi connectivity index (χ4v) is 4.26. The van der Waals surface area contributed by atoms with Gasteiger partial charge in [-0.3, -0.25) is 0 Å².